The number of rotatable bonds is 12. The third-order valence-electron chi connectivity index (χ3n) is 4.49. The van der Waals surface area contributed by atoms with Gasteiger partial charge in [0.2, 0.25) is 5.88 Å². The Balaban J connectivity index is 1.89. The van der Waals surface area contributed by atoms with Crippen molar-refractivity contribution in [3.8, 4) is 5.88 Å². The van der Waals surface area contributed by atoms with Gasteiger partial charge in [-0.15, -0.1) is 0 Å². The van der Waals surface area contributed by atoms with Crippen LogP contribution in [0.5, 0.6) is 5.88 Å². The topological polar surface area (TPSA) is 113 Å². The highest BCUT2D eigenvalue weighted by molar-refractivity contribution is 7.11. The van der Waals surface area contributed by atoms with Crippen molar-refractivity contribution >= 4 is 40.1 Å². The third kappa shape index (κ3) is 7.92. The van der Waals surface area contributed by atoms with E-state index in [0.717, 1.165) is 37.3 Å². The number of ether oxygens (including phenoxy) is 1. The molecule has 1 aromatic heterocycles. The van der Waals surface area contributed by atoms with Gasteiger partial charge in [0.15, 0.2) is 5.56 Å². The van der Waals surface area contributed by atoms with E-state index < -0.39 is 17.8 Å². The average molecular weight is 487 g/mol. The second-order valence-corrected chi connectivity index (χ2v) is 8.71. The van der Waals surface area contributed by atoms with E-state index in [1.54, 1.807) is 6.92 Å². The van der Waals surface area contributed by atoms with Crippen LogP contribution in [0.15, 0.2) is 12.1 Å². The highest BCUT2D eigenvalue weighted by atomic mass is 35.5. The SMILES string of the molecule is Cc1cc(Cl)c(COc2nsc(NC(=O)NCCCCCNC(C)C)c2C(=O)O)cc1F. The number of anilines is 1. The average Bonchev–Trinajstić information content (AvgIpc) is 3.11. The first-order valence-electron chi connectivity index (χ1n) is 10.3. The maximum absolute atomic E-state index is 13.8. The van der Waals surface area contributed by atoms with E-state index in [1.807, 2.05) is 0 Å². The number of carboxylic acid groups (broad SMARTS) is 1. The number of aromatic nitrogens is 1. The zero-order chi connectivity index (χ0) is 23.7. The van der Waals surface area contributed by atoms with Crippen molar-refractivity contribution < 1.29 is 23.8 Å². The zero-order valence-electron chi connectivity index (χ0n) is 18.3. The van der Waals surface area contributed by atoms with Crippen molar-refractivity contribution in [3.63, 3.8) is 0 Å². The van der Waals surface area contributed by atoms with E-state index in [0.29, 0.717) is 28.7 Å². The number of hydrogen-bond donors (Lipinski definition) is 4. The summed E-state index contributed by atoms with van der Waals surface area (Å²) in [5.74, 6) is -1.92. The number of carbonyl (C=O) groups excluding carboxylic acids is 1. The summed E-state index contributed by atoms with van der Waals surface area (Å²) in [6, 6.07) is 2.63. The number of carbonyl (C=O) groups is 2. The molecule has 0 radical (unpaired) electrons. The Morgan fingerprint density at radius 1 is 1.25 bits per heavy atom. The predicted octanol–water partition coefficient (Wildman–Crippen LogP) is 4.81. The standard InChI is InChI=1S/C21H28ClFN4O4S/c1-12(2)24-7-5-4-6-8-25-21(30)26-19-17(20(28)29)18(27-32-19)31-11-14-10-16(23)13(3)9-15(14)22/h9-10,12,24H,4-8,11H2,1-3H3,(H,28,29)(H2,25,26,30). The normalized spacial score (nSPS) is 10.9. The van der Waals surface area contributed by atoms with Crippen molar-refractivity contribution in [3.05, 3.63) is 39.7 Å². The molecule has 8 nitrogen and oxygen atoms in total. The van der Waals surface area contributed by atoms with Crippen molar-refractivity contribution in [2.45, 2.75) is 52.7 Å². The lowest BCUT2D eigenvalue weighted by atomic mass is 10.1. The fourth-order valence-electron chi connectivity index (χ4n) is 2.76. The molecule has 4 N–H and O–H groups in total. The Kier molecular flexibility index (Phi) is 10.1. The summed E-state index contributed by atoms with van der Waals surface area (Å²) < 4.78 is 23.2. The molecule has 0 spiro atoms. The number of nitrogens with one attached hydrogen (secondary N) is 3. The van der Waals surface area contributed by atoms with Gasteiger partial charge < -0.3 is 20.5 Å². The number of carboxylic acids is 1. The first-order chi connectivity index (χ1) is 15.2. The smallest absolute Gasteiger partial charge is 0.344 e. The number of halogens is 2. The Morgan fingerprint density at radius 2 is 1.97 bits per heavy atom. The molecule has 1 heterocycles. The van der Waals surface area contributed by atoms with Crippen LogP contribution in [0.2, 0.25) is 5.02 Å². The van der Waals surface area contributed by atoms with Crippen LogP contribution in [0.1, 0.15) is 54.6 Å². The number of nitrogens with zero attached hydrogens (tertiary/aromatic N) is 1. The van der Waals surface area contributed by atoms with Gasteiger partial charge in [-0.05, 0) is 55.5 Å². The Bertz CT molecular complexity index is 939. The van der Waals surface area contributed by atoms with Gasteiger partial charge in [0, 0.05) is 23.2 Å². The monoisotopic (exact) mass is 486 g/mol. The molecule has 2 rings (SSSR count). The lowest BCUT2D eigenvalue weighted by Gasteiger charge is -2.09. The van der Waals surface area contributed by atoms with E-state index >= 15 is 0 Å². The molecule has 32 heavy (non-hydrogen) atoms. The number of amides is 2. The van der Waals surface area contributed by atoms with Gasteiger partial charge in [-0.1, -0.05) is 31.9 Å². The van der Waals surface area contributed by atoms with E-state index in [4.69, 9.17) is 16.3 Å². The number of aryl methyl sites for hydroxylation is 1. The summed E-state index contributed by atoms with van der Waals surface area (Å²) in [5.41, 5.74) is 0.479. The van der Waals surface area contributed by atoms with E-state index in [2.05, 4.69) is 34.2 Å². The zero-order valence-corrected chi connectivity index (χ0v) is 19.8. The minimum atomic E-state index is -1.30. The minimum absolute atomic E-state index is 0.0484. The van der Waals surface area contributed by atoms with Crippen LogP contribution in [0, 0.1) is 12.7 Å². The molecule has 0 fully saturated rings. The number of benzene rings is 1. The summed E-state index contributed by atoms with van der Waals surface area (Å²) in [6.45, 7) is 6.99. The summed E-state index contributed by atoms with van der Waals surface area (Å²) in [6.07, 6.45) is 2.78. The largest absolute Gasteiger partial charge is 0.477 e. The molecule has 0 aliphatic carbocycles. The van der Waals surface area contributed by atoms with Gasteiger partial charge in [-0.2, -0.15) is 4.37 Å². The molecule has 0 unspecified atom stereocenters. The van der Waals surface area contributed by atoms with Crippen LogP contribution < -0.4 is 20.7 Å². The van der Waals surface area contributed by atoms with Gasteiger partial charge >= 0.3 is 12.0 Å². The van der Waals surface area contributed by atoms with Crippen molar-refractivity contribution in [1.82, 2.24) is 15.0 Å². The van der Waals surface area contributed by atoms with Crippen LogP contribution in [0.4, 0.5) is 14.2 Å². The number of unbranched alkanes of at least 4 members (excludes halogenated alkanes) is 2. The quantitative estimate of drug-likeness (QED) is 0.320. The highest BCUT2D eigenvalue weighted by Crippen LogP contribution is 2.32. The van der Waals surface area contributed by atoms with E-state index in [9.17, 15) is 19.1 Å². The first kappa shape index (κ1) is 25.8. The molecule has 0 saturated carbocycles. The summed E-state index contributed by atoms with van der Waals surface area (Å²) in [7, 11) is 0. The molecule has 0 atom stereocenters. The number of urea groups is 1. The van der Waals surface area contributed by atoms with Gasteiger partial charge in [0.25, 0.3) is 0 Å². The van der Waals surface area contributed by atoms with Gasteiger partial charge in [0.1, 0.15) is 17.4 Å². The summed E-state index contributed by atoms with van der Waals surface area (Å²) in [5, 5.41) is 18.4. The maximum Gasteiger partial charge on any atom is 0.344 e. The van der Waals surface area contributed by atoms with Crippen LogP contribution in [-0.2, 0) is 6.61 Å². The molecule has 0 aliphatic rings. The molecule has 11 heteroatoms. The van der Waals surface area contributed by atoms with E-state index in [-0.39, 0.29) is 23.1 Å². The van der Waals surface area contributed by atoms with Crippen molar-refractivity contribution in [2.24, 2.45) is 0 Å². The second kappa shape index (κ2) is 12.6. The van der Waals surface area contributed by atoms with Crippen molar-refractivity contribution in [2.75, 3.05) is 18.4 Å². The molecule has 0 bridgehead atoms. The van der Waals surface area contributed by atoms with Crippen molar-refractivity contribution in [1.29, 1.82) is 0 Å². The summed E-state index contributed by atoms with van der Waals surface area (Å²) >= 11 is 6.88. The lowest BCUT2D eigenvalue weighted by Crippen LogP contribution is -2.30. The molecular weight excluding hydrogens is 459 g/mol. The number of hydrogen-bond acceptors (Lipinski definition) is 6. The minimum Gasteiger partial charge on any atom is -0.477 e. The molecule has 0 aliphatic heterocycles. The van der Waals surface area contributed by atoms with E-state index in [1.165, 1.54) is 12.1 Å². The van der Waals surface area contributed by atoms with Crippen LogP contribution in [0.3, 0.4) is 0 Å². The third-order valence-corrected chi connectivity index (χ3v) is 5.58. The molecule has 176 valence electrons. The van der Waals surface area contributed by atoms with Gasteiger partial charge in [-0.3, -0.25) is 5.32 Å². The first-order valence-corrected chi connectivity index (χ1v) is 11.4. The molecule has 1 aromatic carbocycles. The molecule has 2 amide bonds. The maximum atomic E-state index is 13.8. The molecule has 0 saturated heterocycles. The Labute approximate surface area is 195 Å². The van der Waals surface area contributed by atoms with Gasteiger partial charge in [0.05, 0.1) is 0 Å². The fourth-order valence-corrected chi connectivity index (χ4v) is 3.75. The Morgan fingerprint density at radius 3 is 2.66 bits per heavy atom. The summed E-state index contributed by atoms with van der Waals surface area (Å²) in [4.78, 5) is 23.8. The van der Waals surface area contributed by atoms with Crippen LogP contribution >= 0.6 is 23.1 Å². The Hall–Kier alpha value is -2.43. The second-order valence-electron chi connectivity index (χ2n) is 7.53. The predicted molar refractivity (Wildman–Crippen MR) is 124 cm³/mol. The molecular formula is C21H28ClFN4O4S. The van der Waals surface area contributed by atoms with Crippen LogP contribution in [0.25, 0.3) is 0 Å². The fraction of sp³-hybridized carbons (Fsp3) is 0.476. The lowest BCUT2D eigenvalue weighted by molar-refractivity contribution is 0.0693. The van der Waals surface area contributed by atoms with Gasteiger partial charge in [-0.25, -0.2) is 14.0 Å². The molecule has 2 aromatic rings. The number of aromatic carboxylic acids is 1. The van der Waals surface area contributed by atoms with Crippen LogP contribution in [-0.4, -0.2) is 40.6 Å². The highest BCUT2D eigenvalue weighted by Gasteiger charge is 2.23.